The molecule has 0 bridgehead atoms. The second-order valence-corrected chi connectivity index (χ2v) is 6.54. The third-order valence-corrected chi connectivity index (χ3v) is 3.73. The average molecular weight is 315 g/mol. The number of aliphatic hydroxyl groups is 1. The van der Waals surface area contributed by atoms with Gasteiger partial charge in [-0.3, -0.25) is 4.79 Å². The van der Waals surface area contributed by atoms with Crippen molar-refractivity contribution in [1.29, 1.82) is 0 Å². The van der Waals surface area contributed by atoms with E-state index in [0.29, 0.717) is 23.8 Å². The Balaban J connectivity index is 2.22. The van der Waals surface area contributed by atoms with E-state index in [4.69, 9.17) is 16.3 Å². The zero-order chi connectivity index (χ0) is 15.6. The monoisotopic (exact) mass is 314 g/mol. The van der Waals surface area contributed by atoms with Crippen LogP contribution in [0.1, 0.15) is 37.7 Å². The SMILES string of the molecule is CCCn1cc(Cl)cc1C(=O)N1CC(CO)OC(C)(C)C1. The van der Waals surface area contributed by atoms with Crippen LogP contribution in [0.3, 0.4) is 0 Å². The molecular formula is C15H23ClN2O3. The highest BCUT2D eigenvalue weighted by molar-refractivity contribution is 6.31. The predicted molar refractivity (Wildman–Crippen MR) is 81.7 cm³/mol. The van der Waals surface area contributed by atoms with Crippen molar-refractivity contribution >= 4 is 17.5 Å². The van der Waals surface area contributed by atoms with Crippen LogP contribution in [0.4, 0.5) is 0 Å². The minimum atomic E-state index is -0.465. The fourth-order valence-electron chi connectivity index (χ4n) is 2.79. The normalized spacial score (nSPS) is 21.6. The number of hydrogen-bond donors (Lipinski definition) is 1. The molecule has 2 heterocycles. The third kappa shape index (κ3) is 3.78. The van der Waals surface area contributed by atoms with Crippen molar-refractivity contribution < 1.29 is 14.6 Å². The summed E-state index contributed by atoms with van der Waals surface area (Å²) in [6, 6.07) is 1.70. The number of aromatic nitrogens is 1. The molecule has 0 aromatic carbocycles. The topological polar surface area (TPSA) is 54.7 Å². The quantitative estimate of drug-likeness (QED) is 0.926. The number of carbonyl (C=O) groups excluding carboxylic acids is 1. The van der Waals surface area contributed by atoms with Crippen molar-refractivity contribution in [2.24, 2.45) is 0 Å². The highest BCUT2D eigenvalue weighted by Gasteiger charge is 2.36. The fraction of sp³-hybridized carbons (Fsp3) is 0.667. The summed E-state index contributed by atoms with van der Waals surface area (Å²) in [4.78, 5) is 14.5. The Hall–Kier alpha value is -1.04. The molecule has 1 unspecified atom stereocenters. The molecule has 21 heavy (non-hydrogen) atoms. The molecule has 1 atom stereocenters. The number of hydrogen-bond acceptors (Lipinski definition) is 3. The first-order valence-corrected chi connectivity index (χ1v) is 7.67. The van der Waals surface area contributed by atoms with Gasteiger partial charge in [-0.15, -0.1) is 0 Å². The molecule has 2 rings (SSSR count). The second-order valence-electron chi connectivity index (χ2n) is 6.10. The maximum absolute atomic E-state index is 12.8. The van der Waals surface area contributed by atoms with Gasteiger partial charge in [0.25, 0.3) is 5.91 Å². The van der Waals surface area contributed by atoms with E-state index in [1.165, 1.54) is 0 Å². The number of rotatable bonds is 4. The Kier molecular flexibility index (Phi) is 4.96. The second kappa shape index (κ2) is 6.38. The molecule has 6 heteroatoms. The number of carbonyl (C=O) groups is 1. The van der Waals surface area contributed by atoms with E-state index in [1.54, 1.807) is 17.2 Å². The standard InChI is InChI=1S/C15H23ClN2O3/c1-4-5-17-7-11(16)6-13(17)14(20)18-8-12(9-19)21-15(2,3)10-18/h6-7,12,19H,4-5,8-10H2,1-3H3. The van der Waals surface area contributed by atoms with Gasteiger partial charge in [-0.05, 0) is 26.3 Å². The molecule has 0 radical (unpaired) electrons. The molecule has 1 aliphatic rings. The van der Waals surface area contributed by atoms with Crippen LogP contribution in [0.5, 0.6) is 0 Å². The molecular weight excluding hydrogens is 292 g/mol. The molecule has 0 aliphatic carbocycles. The summed E-state index contributed by atoms with van der Waals surface area (Å²) in [6.45, 7) is 7.46. The lowest BCUT2D eigenvalue weighted by atomic mass is 10.0. The van der Waals surface area contributed by atoms with Crippen molar-refractivity contribution in [3.63, 3.8) is 0 Å². The summed E-state index contributed by atoms with van der Waals surface area (Å²) >= 11 is 6.04. The highest BCUT2D eigenvalue weighted by Crippen LogP contribution is 2.24. The zero-order valence-corrected chi connectivity index (χ0v) is 13.6. The van der Waals surface area contributed by atoms with E-state index in [-0.39, 0.29) is 18.6 Å². The number of amides is 1. The predicted octanol–water partition coefficient (Wildman–Crippen LogP) is 2.16. The van der Waals surface area contributed by atoms with Gasteiger partial charge in [0.1, 0.15) is 5.69 Å². The summed E-state index contributed by atoms with van der Waals surface area (Å²) in [5.74, 6) is -0.0647. The molecule has 0 spiro atoms. The summed E-state index contributed by atoms with van der Waals surface area (Å²) in [7, 11) is 0. The molecule has 1 aromatic heterocycles. The van der Waals surface area contributed by atoms with Gasteiger partial charge in [-0.2, -0.15) is 0 Å². The van der Waals surface area contributed by atoms with Crippen LogP contribution < -0.4 is 0 Å². The van der Waals surface area contributed by atoms with Crippen LogP contribution in [0.25, 0.3) is 0 Å². The number of ether oxygens (including phenoxy) is 1. The van der Waals surface area contributed by atoms with Crippen molar-refractivity contribution in [3.05, 3.63) is 23.0 Å². The molecule has 1 aromatic rings. The van der Waals surface area contributed by atoms with E-state index in [1.807, 2.05) is 18.4 Å². The summed E-state index contributed by atoms with van der Waals surface area (Å²) < 4.78 is 7.64. The van der Waals surface area contributed by atoms with Crippen LogP contribution in [-0.2, 0) is 11.3 Å². The first-order chi connectivity index (χ1) is 9.86. The van der Waals surface area contributed by atoms with Gasteiger partial charge in [0.15, 0.2) is 0 Å². The summed E-state index contributed by atoms with van der Waals surface area (Å²) in [6.07, 6.45) is 2.37. The lowest BCUT2D eigenvalue weighted by molar-refractivity contribution is -0.139. The molecule has 118 valence electrons. The Bertz CT molecular complexity index is 513. The molecule has 0 saturated carbocycles. The first kappa shape index (κ1) is 16.3. The summed E-state index contributed by atoms with van der Waals surface area (Å²) in [5.41, 5.74) is 0.129. The molecule has 5 nitrogen and oxygen atoms in total. The minimum absolute atomic E-state index is 0.0647. The van der Waals surface area contributed by atoms with Gasteiger partial charge < -0.3 is 19.3 Å². The number of halogens is 1. The average Bonchev–Trinajstić information content (AvgIpc) is 2.77. The number of aryl methyl sites for hydroxylation is 1. The van der Waals surface area contributed by atoms with Gasteiger partial charge in [0.05, 0.1) is 23.3 Å². The van der Waals surface area contributed by atoms with Crippen molar-refractivity contribution in [1.82, 2.24) is 9.47 Å². The lowest BCUT2D eigenvalue weighted by Crippen LogP contribution is -2.55. The lowest BCUT2D eigenvalue weighted by Gasteiger charge is -2.42. The smallest absolute Gasteiger partial charge is 0.270 e. The van der Waals surface area contributed by atoms with Crippen molar-refractivity contribution in [2.75, 3.05) is 19.7 Å². The van der Waals surface area contributed by atoms with E-state index in [2.05, 4.69) is 6.92 Å². The first-order valence-electron chi connectivity index (χ1n) is 7.30. The summed E-state index contributed by atoms with van der Waals surface area (Å²) in [5, 5.41) is 9.91. The molecule has 1 fully saturated rings. The molecule has 1 amide bonds. The maximum atomic E-state index is 12.8. The Morgan fingerprint density at radius 2 is 2.29 bits per heavy atom. The van der Waals surface area contributed by atoms with E-state index in [0.717, 1.165) is 13.0 Å². The van der Waals surface area contributed by atoms with Gasteiger partial charge >= 0.3 is 0 Å². The van der Waals surface area contributed by atoms with Gasteiger partial charge in [-0.25, -0.2) is 0 Å². The fourth-order valence-corrected chi connectivity index (χ4v) is 3.01. The maximum Gasteiger partial charge on any atom is 0.270 e. The van der Waals surface area contributed by atoms with E-state index in [9.17, 15) is 9.90 Å². The van der Waals surface area contributed by atoms with Gasteiger partial charge in [0, 0.05) is 25.8 Å². The minimum Gasteiger partial charge on any atom is -0.394 e. The van der Waals surface area contributed by atoms with Crippen LogP contribution >= 0.6 is 11.6 Å². The number of nitrogens with zero attached hydrogens (tertiary/aromatic N) is 2. The van der Waals surface area contributed by atoms with E-state index >= 15 is 0 Å². The Morgan fingerprint density at radius 1 is 1.57 bits per heavy atom. The van der Waals surface area contributed by atoms with Gasteiger partial charge in [-0.1, -0.05) is 18.5 Å². The van der Waals surface area contributed by atoms with Crippen LogP contribution in [0.15, 0.2) is 12.3 Å². The zero-order valence-electron chi connectivity index (χ0n) is 12.8. The van der Waals surface area contributed by atoms with Crippen molar-refractivity contribution in [2.45, 2.75) is 45.4 Å². The Labute approximate surface area is 130 Å². The van der Waals surface area contributed by atoms with Crippen molar-refractivity contribution in [3.8, 4) is 0 Å². The molecule has 1 N–H and O–H groups in total. The molecule has 1 aliphatic heterocycles. The van der Waals surface area contributed by atoms with Crippen LogP contribution in [0, 0.1) is 0 Å². The Morgan fingerprint density at radius 3 is 2.90 bits per heavy atom. The van der Waals surface area contributed by atoms with Gasteiger partial charge in [0.2, 0.25) is 0 Å². The molecule has 1 saturated heterocycles. The largest absolute Gasteiger partial charge is 0.394 e. The highest BCUT2D eigenvalue weighted by atomic mass is 35.5. The van der Waals surface area contributed by atoms with Crippen LogP contribution in [-0.4, -0.2) is 51.9 Å². The number of aliphatic hydroxyl groups excluding tert-OH is 1. The third-order valence-electron chi connectivity index (χ3n) is 3.52. The van der Waals surface area contributed by atoms with E-state index < -0.39 is 5.60 Å². The number of morpholine rings is 1. The van der Waals surface area contributed by atoms with Crippen LogP contribution in [0.2, 0.25) is 5.02 Å².